The summed E-state index contributed by atoms with van der Waals surface area (Å²) in [5, 5.41) is 8.09. The zero-order valence-corrected chi connectivity index (χ0v) is 19.6. The molecule has 8 heteroatoms. The number of rotatable bonds is 5. The summed E-state index contributed by atoms with van der Waals surface area (Å²) < 4.78 is 25.0. The fraction of sp³-hybridized carbons (Fsp3) is 0.185. The Bertz CT molecular complexity index is 1430. The van der Waals surface area contributed by atoms with Crippen LogP contribution in [0, 0.1) is 0 Å². The molecule has 0 amide bonds. The number of methoxy groups -OCH3 is 3. The van der Waals surface area contributed by atoms with Crippen LogP contribution < -0.4 is 24.3 Å². The Morgan fingerprint density at radius 3 is 2.40 bits per heavy atom. The van der Waals surface area contributed by atoms with Gasteiger partial charge in [-0.3, -0.25) is 0 Å². The average molecular weight is 469 g/mol. The number of benzene rings is 3. The Kier molecular flexibility index (Phi) is 5.06. The van der Waals surface area contributed by atoms with Crippen LogP contribution in [0.3, 0.4) is 0 Å². The van der Waals surface area contributed by atoms with Gasteiger partial charge in [0.1, 0.15) is 30.0 Å². The highest BCUT2D eigenvalue weighted by Crippen LogP contribution is 2.51. The molecule has 4 aromatic rings. The minimum absolute atomic E-state index is 0.249. The summed E-state index contributed by atoms with van der Waals surface area (Å²) in [6, 6.07) is 21.7. The van der Waals surface area contributed by atoms with Crippen molar-refractivity contribution < 1.29 is 18.9 Å². The van der Waals surface area contributed by atoms with E-state index < -0.39 is 6.10 Å². The van der Waals surface area contributed by atoms with Crippen molar-refractivity contribution in [3.05, 3.63) is 95.3 Å². The molecule has 0 bridgehead atoms. The fourth-order valence-electron chi connectivity index (χ4n) is 4.82. The molecular weight excluding hydrogens is 444 g/mol. The fourth-order valence-corrected chi connectivity index (χ4v) is 4.82. The molecule has 0 unspecified atom stereocenters. The topological polar surface area (TPSA) is 79.7 Å². The van der Waals surface area contributed by atoms with Gasteiger partial charge in [0, 0.05) is 16.7 Å². The molecule has 176 valence electrons. The van der Waals surface area contributed by atoms with E-state index >= 15 is 0 Å². The molecule has 6 rings (SSSR count). The van der Waals surface area contributed by atoms with E-state index in [4.69, 9.17) is 18.9 Å². The van der Waals surface area contributed by atoms with Crippen molar-refractivity contribution in [2.75, 3.05) is 26.6 Å². The van der Waals surface area contributed by atoms with E-state index in [-0.39, 0.29) is 6.04 Å². The third-order valence-corrected chi connectivity index (χ3v) is 6.46. The Balaban J connectivity index is 1.59. The lowest BCUT2D eigenvalue weighted by Gasteiger charge is -2.39. The van der Waals surface area contributed by atoms with Crippen molar-refractivity contribution >= 4 is 11.6 Å². The van der Waals surface area contributed by atoms with Crippen molar-refractivity contribution in [1.82, 2.24) is 14.8 Å². The highest BCUT2D eigenvalue weighted by Gasteiger charge is 2.41. The Morgan fingerprint density at radius 2 is 1.63 bits per heavy atom. The van der Waals surface area contributed by atoms with E-state index in [1.807, 2.05) is 53.2 Å². The molecule has 0 saturated carbocycles. The summed E-state index contributed by atoms with van der Waals surface area (Å²) in [5.74, 6) is 3.55. The number of hydrogen-bond acceptors (Lipinski definition) is 7. The van der Waals surface area contributed by atoms with Crippen LogP contribution in [0.15, 0.2) is 78.6 Å². The average Bonchev–Trinajstić information content (AvgIpc) is 3.39. The van der Waals surface area contributed by atoms with Crippen molar-refractivity contribution in [1.29, 1.82) is 0 Å². The molecule has 35 heavy (non-hydrogen) atoms. The highest BCUT2D eigenvalue weighted by atomic mass is 16.5. The van der Waals surface area contributed by atoms with Crippen LogP contribution in [0.5, 0.6) is 23.0 Å². The van der Waals surface area contributed by atoms with Crippen LogP contribution in [0.4, 0.5) is 5.95 Å². The number of anilines is 1. The van der Waals surface area contributed by atoms with E-state index in [9.17, 15) is 0 Å². The number of fused-ring (bicyclic) bond motifs is 3. The molecule has 2 aliphatic rings. The molecular formula is C27H24N4O4. The maximum atomic E-state index is 6.67. The molecule has 3 heterocycles. The van der Waals surface area contributed by atoms with E-state index in [0.29, 0.717) is 17.4 Å². The number of nitrogens with one attached hydrogen (secondary N) is 1. The van der Waals surface area contributed by atoms with Crippen LogP contribution in [0.2, 0.25) is 0 Å². The summed E-state index contributed by atoms with van der Waals surface area (Å²) >= 11 is 0. The summed E-state index contributed by atoms with van der Waals surface area (Å²) in [4.78, 5) is 4.48. The first kappa shape index (κ1) is 21.1. The van der Waals surface area contributed by atoms with Gasteiger partial charge in [-0.15, -0.1) is 0 Å². The second kappa shape index (κ2) is 8.39. The van der Waals surface area contributed by atoms with Gasteiger partial charge < -0.3 is 24.3 Å². The van der Waals surface area contributed by atoms with Gasteiger partial charge in [-0.2, -0.15) is 10.1 Å². The number of nitrogens with zero attached hydrogens (tertiary/aromatic N) is 3. The van der Waals surface area contributed by atoms with Gasteiger partial charge >= 0.3 is 0 Å². The van der Waals surface area contributed by atoms with E-state index in [1.165, 1.54) is 0 Å². The van der Waals surface area contributed by atoms with Crippen LogP contribution >= 0.6 is 0 Å². The summed E-state index contributed by atoms with van der Waals surface area (Å²) in [5.41, 5.74) is 4.95. The van der Waals surface area contributed by atoms with Gasteiger partial charge in [-0.1, -0.05) is 30.3 Å². The monoisotopic (exact) mass is 468 g/mol. The lowest BCUT2D eigenvalue weighted by Crippen LogP contribution is -2.32. The first-order valence-electron chi connectivity index (χ1n) is 11.2. The maximum Gasteiger partial charge on any atom is 0.226 e. The van der Waals surface area contributed by atoms with Crippen LogP contribution in [-0.2, 0) is 0 Å². The smallest absolute Gasteiger partial charge is 0.226 e. The Hall–Kier alpha value is -4.46. The van der Waals surface area contributed by atoms with Crippen molar-refractivity contribution in [2.45, 2.75) is 12.1 Å². The molecule has 0 saturated heterocycles. The number of hydrogen-bond donors (Lipinski definition) is 1. The minimum atomic E-state index is -0.406. The molecule has 3 aromatic carbocycles. The second-order valence-electron chi connectivity index (χ2n) is 8.27. The van der Waals surface area contributed by atoms with Crippen LogP contribution in [-0.4, -0.2) is 36.1 Å². The normalized spacial score (nSPS) is 17.9. The van der Waals surface area contributed by atoms with E-state index in [2.05, 4.69) is 33.6 Å². The van der Waals surface area contributed by atoms with Gasteiger partial charge in [0.2, 0.25) is 5.95 Å². The van der Waals surface area contributed by atoms with Gasteiger partial charge in [0.05, 0.1) is 27.0 Å². The van der Waals surface area contributed by atoms with Crippen molar-refractivity contribution in [3.8, 4) is 23.0 Å². The van der Waals surface area contributed by atoms with E-state index in [0.717, 1.165) is 39.5 Å². The quantitative estimate of drug-likeness (QED) is 0.448. The molecule has 2 aliphatic heterocycles. The number of para-hydroxylation sites is 1. The van der Waals surface area contributed by atoms with Gasteiger partial charge in [-0.25, -0.2) is 4.68 Å². The largest absolute Gasteiger partial charge is 0.497 e. The molecule has 8 nitrogen and oxygen atoms in total. The minimum Gasteiger partial charge on any atom is -0.497 e. The third-order valence-electron chi connectivity index (χ3n) is 6.46. The summed E-state index contributed by atoms with van der Waals surface area (Å²) in [6.07, 6.45) is 1.16. The van der Waals surface area contributed by atoms with Crippen LogP contribution in [0.1, 0.15) is 28.8 Å². The SMILES string of the molecule is COc1ccc([C@@H]2C3=C(Nc4ncnn42)c2ccccc2O[C@@H]3c2ccc(OC)c(OC)c2)cc1. The molecule has 0 fully saturated rings. The van der Waals surface area contributed by atoms with Gasteiger partial charge in [-0.05, 0) is 42.0 Å². The van der Waals surface area contributed by atoms with Crippen molar-refractivity contribution in [3.63, 3.8) is 0 Å². The molecule has 0 aliphatic carbocycles. The maximum absolute atomic E-state index is 6.67. The summed E-state index contributed by atoms with van der Waals surface area (Å²) in [7, 11) is 4.92. The van der Waals surface area contributed by atoms with Crippen LogP contribution in [0.25, 0.3) is 5.70 Å². The molecule has 0 radical (unpaired) electrons. The predicted octanol–water partition coefficient (Wildman–Crippen LogP) is 4.86. The number of aromatic nitrogens is 3. The number of ether oxygens (including phenoxy) is 4. The molecule has 2 atom stereocenters. The predicted molar refractivity (Wildman–Crippen MR) is 131 cm³/mol. The zero-order chi connectivity index (χ0) is 23.9. The molecule has 1 N–H and O–H groups in total. The third kappa shape index (κ3) is 3.37. The Morgan fingerprint density at radius 1 is 0.857 bits per heavy atom. The van der Waals surface area contributed by atoms with Crippen molar-refractivity contribution in [2.24, 2.45) is 0 Å². The van der Waals surface area contributed by atoms with E-state index in [1.54, 1.807) is 27.7 Å². The first-order chi connectivity index (χ1) is 17.2. The van der Waals surface area contributed by atoms with Gasteiger partial charge in [0.15, 0.2) is 11.5 Å². The molecule has 0 spiro atoms. The summed E-state index contributed by atoms with van der Waals surface area (Å²) in [6.45, 7) is 0. The zero-order valence-electron chi connectivity index (χ0n) is 19.6. The lowest BCUT2D eigenvalue weighted by molar-refractivity contribution is 0.222. The van der Waals surface area contributed by atoms with Gasteiger partial charge in [0.25, 0.3) is 0 Å². The lowest BCUT2D eigenvalue weighted by atomic mass is 9.84. The second-order valence-corrected chi connectivity index (χ2v) is 8.27. The first-order valence-corrected chi connectivity index (χ1v) is 11.2. The standard InChI is InChI=1S/C27H24N4O4/c1-32-18-11-8-16(9-12-18)25-23-24(30-27-28-15-29-31(25)27)19-6-4-5-7-20(19)35-26(23)17-10-13-21(33-2)22(14-17)34-3/h4-15,25-26H,1-3H3,(H,28,29,30)/t25-,26-/m1/s1. The Labute approximate surface area is 202 Å². The highest BCUT2D eigenvalue weighted by molar-refractivity contribution is 5.85. The molecule has 1 aromatic heterocycles.